The van der Waals surface area contributed by atoms with Crippen LogP contribution in [0.3, 0.4) is 0 Å². The van der Waals surface area contributed by atoms with Gasteiger partial charge in [-0.15, -0.1) is 0 Å². The Kier molecular flexibility index (Phi) is 12.8. The molecule has 1 fully saturated rings. The fourth-order valence-electron chi connectivity index (χ4n) is 3.03. The molecule has 1 saturated heterocycles. The van der Waals surface area contributed by atoms with E-state index in [9.17, 15) is 9.59 Å². The summed E-state index contributed by atoms with van der Waals surface area (Å²) in [6.45, 7) is 13.6. The van der Waals surface area contributed by atoms with E-state index in [0.29, 0.717) is 19.3 Å². The Morgan fingerprint density at radius 1 is 0.889 bits per heavy atom. The molecule has 1 N–H and O–H groups in total. The minimum atomic E-state index is -0.348. The van der Waals surface area contributed by atoms with Crippen molar-refractivity contribution in [1.29, 1.82) is 0 Å². The number of rotatable bonds is 8. The van der Waals surface area contributed by atoms with E-state index >= 15 is 0 Å². The van der Waals surface area contributed by atoms with Crippen LogP contribution in [0, 0.1) is 10.8 Å². The third kappa shape index (κ3) is 11.8. The number of ether oxygens (including phenoxy) is 3. The van der Waals surface area contributed by atoms with Crippen molar-refractivity contribution in [3.63, 3.8) is 0 Å². The molecule has 0 unspecified atom stereocenters. The van der Waals surface area contributed by atoms with Crippen LogP contribution in [-0.4, -0.2) is 50.7 Å². The highest BCUT2D eigenvalue weighted by atomic mass is 16.6. The van der Waals surface area contributed by atoms with Gasteiger partial charge in [-0.3, -0.25) is 9.59 Å². The van der Waals surface area contributed by atoms with Crippen LogP contribution in [0.15, 0.2) is 42.5 Å². The standard InChI is InChI=1S/C15H22O3.C13H18O2.C2H4O.3H2/c1-15(2,3)14(17)10-11-6-5-7-13(18-4)12(11)8-9-16;1-13(2,3)12(14)9-10-6-5-7-11(8-10)15-4;1-2-3-1;;;/h5-7,16H,8-10H2,1-4H3;5-8H,9H2,1-4H3;1-2H2;3*1H. The number of epoxide rings is 1. The summed E-state index contributed by atoms with van der Waals surface area (Å²) >= 11 is 0. The van der Waals surface area contributed by atoms with Gasteiger partial charge in [-0.2, -0.15) is 0 Å². The lowest BCUT2D eigenvalue weighted by molar-refractivity contribution is -0.126. The number of aliphatic hydroxyl groups is 1. The minimum Gasteiger partial charge on any atom is -0.497 e. The van der Waals surface area contributed by atoms with Crippen LogP contribution in [0.25, 0.3) is 0 Å². The van der Waals surface area contributed by atoms with E-state index in [0.717, 1.165) is 41.4 Å². The predicted octanol–water partition coefficient (Wildman–Crippen LogP) is 6.00. The zero-order chi connectivity index (χ0) is 27.4. The van der Waals surface area contributed by atoms with Gasteiger partial charge in [0.15, 0.2) is 0 Å². The summed E-state index contributed by atoms with van der Waals surface area (Å²) in [7, 11) is 3.23. The SMILES string of the molecule is C1CO1.COc1cccc(CC(=O)C(C)(C)C)c1.COc1cccc(CC(=O)C(C)(C)C)c1CCO.[HH].[HH].[HH]. The van der Waals surface area contributed by atoms with Crippen LogP contribution in [0.1, 0.15) is 62.5 Å². The van der Waals surface area contributed by atoms with Crippen LogP contribution in [-0.2, 0) is 33.6 Å². The first-order chi connectivity index (χ1) is 16.8. The quantitative estimate of drug-likeness (QED) is 0.442. The molecule has 6 nitrogen and oxygen atoms in total. The Labute approximate surface area is 221 Å². The second-order valence-electron chi connectivity index (χ2n) is 10.7. The molecule has 0 spiro atoms. The van der Waals surface area contributed by atoms with E-state index in [4.69, 9.17) is 14.6 Å². The van der Waals surface area contributed by atoms with Crippen molar-refractivity contribution >= 4 is 11.6 Å². The van der Waals surface area contributed by atoms with E-state index in [2.05, 4.69) is 4.74 Å². The third-order valence-corrected chi connectivity index (χ3v) is 5.54. The number of ketones is 2. The Bertz CT molecular complexity index is 977. The molecule has 1 aliphatic heterocycles. The van der Waals surface area contributed by atoms with Gasteiger partial charge in [-0.1, -0.05) is 65.8 Å². The molecule has 1 heterocycles. The summed E-state index contributed by atoms with van der Waals surface area (Å²) in [6.07, 6.45) is 1.37. The summed E-state index contributed by atoms with van der Waals surface area (Å²) in [4.78, 5) is 23.9. The maximum absolute atomic E-state index is 12.1. The average molecular weight is 507 g/mol. The van der Waals surface area contributed by atoms with Crippen molar-refractivity contribution in [2.45, 2.75) is 60.8 Å². The Hall–Kier alpha value is -2.70. The Morgan fingerprint density at radius 3 is 1.92 bits per heavy atom. The molecular weight excluding hydrogens is 456 g/mol. The lowest BCUT2D eigenvalue weighted by Gasteiger charge is -2.19. The second-order valence-corrected chi connectivity index (χ2v) is 10.7. The number of benzene rings is 2. The van der Waals surface area contributed by atoms with Crippen molar-refractivity contribution in [3.05, 3.63) is 59.2 Å². The van der Waals surface area contributed by atoms with Gasteiger partial charge in [0.05, 0.1) is 27.4 Å². The summed E-state index contributed by atoms with van der Waals surface area (Å²) in [6, 6.07) is 13.3. The number of methoxy groups -OCH3 is 2. The maximum atomic E-state index is 12.1. The third-order valence-electron chi connectivity index (χ3n) is 5.54. The predicted molar refractivity (Wildman–Crippen MR) is 150 cm³/mol. The fraction of sp³-hybridized carbons (Fsp3) is 0.533. The van der Waals surface area contributed by atoms with Crippen LogP contribution < -0.4 is 9.47 Å². The summed E-state index contributed by atoms with van der Waals surface area (Å²) in [5.74, 6) is 1.98. The van der Waals surface area contributed by atoms with Crippen LogP contribution in [0.4, 0.5) is 0 Å². The molecule has 206 valence electrons. The zero-order valence-electron chi connectivity index (χ0n) is 23.3. The summed E-state index contributed by atoms with van der Waals surface area (Å²) < 4.78 is 14.9. The molecule has 36 heavy (non-hydrogen) atoms. The molecule has 0 atom stereocenters. The van der Waals surface area contributed by atoms with Gasteiger partial charge in [0.25, 0.3) is 0 Å². The molecule has 6 heteroatoms. The Morgan fingerprint density at radius 2 is 1.44 bits per heavy atom. The zero-order valence-corrected chi connectivity index (χ0v) is 23.3. The molecule has 0 aromatic heterocycles. The van der Waals surface area contributed by atoms with Crippen LogP contribution in [0.2, 0.25) is 0 Å². The molecular formula is C30H50O6. The topological polar surface area (TPSA) is 85.4 Å². The monoisotopic (exact) mass is 506 g/mol. The van der Waals surface area contributed by atoms with Crippen molar-refractivity contribution < 1.29 is 33.2 Å². The molecule has 0 saturated carbocycles. The van der Waals surface area contributed by atoms with Gasteiger partial charge in [0.2, 0.25) is 0 Å². The smallest absolute Gasteiger partial charge is 0.142 e. The highest BCUT2D eigenvalue weighted by Crippen LogP contribution is 2.26. The first kappa shape index (κ1) is 31.3. The number of Topliss-reactive ketones (excluding diaryl/α,β-unsaturated/α-hetero) is 2. The lowest BCUT2D eigenvalue weighted by Crippen LogP contribution is -2.22. The van der Waals surface area contributed by atoms with Gasteiger partial charge in [-0.05, 0) is 35.7 Å². The number of hydrogen-bond acceptors (Lipinski definition) is 6. The van der Waals surface area contributed by atoms with Crippen molar-refractivity contribution in [3.8, 4) is 11.5 Å². The lowest BCUT2D eigenvalue weighted by atomic mass is 9.85. The fourth-order valence-corrected chi connectivity index (χ4v) is 3.03. The molecule has 0 aliphatic carbocycles. The van der Waals surface area contributed by atoms with E-state index in [1.165, 1.54) is 0 Å². The van der Waals surface area contributed by atoms with Crippen molar-refractivity contribution in [2.24, 2.45) is 10.8 Å². The minimum absolute atomic E-state index is 0. The number of aliphatic hydroxyl groups excluding tert-OH is 1. The second kappa shape index (κ2) is 14.8. The van der Waals surface area contributed by atoms with Gasteiger partial charge < -0.3 is 19.3 Å². The molecule has 0 bridgehead atoms. The van der Waals surface area contributed by atoms with E-state index < -0.39 is 0 Å². The molecule has 2 aromatic carbocycles. The van der Waals surface area contributed by atoms with Gasteiger partial charge in [0, 0.05) is 40.1 Å². The highest BCUT2D eigenvalue weighted by Gasteiger charge is 2.23. The normalized spacial score (nSPS) is 12.4. The van der Waals surface area contributed by atoms with Crippen molar-refractivity contribution in [2.75, 3.05) is 34.0 Å². The van der Waals surface area contributed by atoms with Crippen molar-refractivity contribution in [1.82, 2.24) is 0 Å². The average Bonchev–Trinajstić information content (AvgIpc) is 3.69. The van der Waals surface area contributed by atoms with E-state index in [-0.39, 0.29) is 33.3 Å². The maximum Gasteiger partial charge on any atom is 0.142 e. The van der Waals surface area contributed by atoms with Gasteiger partial charge >= 0.3 is 0 Å². The molecule has 0 amide bonds. The molecule has 1 aliphatic rings. The van der Waals surface area contributed by atoms with Gasteiger partial charge in [0.1, 0.15) is 23.1 Å². The first-order valence-electron chi connectivity index (χ1n) is 12.4. The van der Waals surface area contributed by atoms with E-state index in [1.807, 2.05) is 84.0 Å². The largest absolute Gasteiger partial charge is 0.497 e. The highest BCUT2D eigenvalue weighted by molar-refractivity contribution is 5.86. The van der Waals surface area contributed by atoms with Crippen LogP contribution in [0.5, 0.6) is 11.5 Å². The molecule has 2 aromatic rings. The molecule has 0 radical (unpaired) electrons. The number of carbonyl (C=O) groups is 2. The number of hydrogen-bond donors (Lipinski definition) is 1. The van der Waals surface area contributed by atoms with E-state index in [1.54, 1.807) is 14.2 Å². The molecule has 3 rings (SSSR count). The van der Waals surface area contributed by atoms with Crippen LogP contribution >= 0.6 is 0 Å². The first-order valence-corrected chi connectivity index (χ1v) is 12.4. The van der Waals surface area contributed by atoms with Gasteiger partial charge in [-0.25, -0.2) is 0 Å². The summed E-state index contributed by atoms with van der Waals surface area (Å²) in [5, 5.41) is 9.12. The number of carbonyl (C=O) groups excluding carboxylic acids is 2. The Balaban J connectivity index is -0.000000564. The summed E-state index contributed by atoms with van der Waals surface area (Å²) in [5.41, 5.74) is 2.26.